The van der Waals surface area contributed by atoms with Crippen molar-refractivity contribution >= 4 is 0 Å². The molecular weight excluding hydrogens is 218 g/mol. The molecule has 1 unspecified atom stereocenters. The molecule has 0 saturated heterocycles. The maximum atomic E-state index is 9.63. The van der Waals surface area contributed by atoms with Gasteiger partial charge in [-0.3, -0.25) is 0 Å². The first-order valence-electron chi connectivity index (χ1n) is 5.66. The van der Waals surface area contributed by atoms with Crippen molar-refractivity contribution in [2.24, 2.45) is 0 Å². The molecule has 0 radical (unpaired) electrons. The van der Waals surface area contributed by atoms with E-state index in [0.717, 1.165) is 5.56 Å². The fourth-order valence-corrected chi connectivity index (χ4v) is 1.48. The molecule has 4 heteroatoms. The first-order valence-corrected chi connectivity index (χ1v) is 5.66. The molecule has 1 atom stereocenters. The standard InChI is InChI=1S/C13H21NO3/c1-9(14-8-13(2,3)16)10-5-6-11(15)12(7-10)17-4/h5-7,9,14-16H,8H2,1-4H3. The van der Waals surface area contributed by atoms with E-state index in [4.69, 9.17) is 4.74 Å². The number of benzene rings is 1. The topological polar surface area (TPSA) is 61.7 Å². The molecule has 1 aromatic carbocycles. The highest BCUT2D eigenvalue weighted by Gasteiger charge is 2.15. The lowest BCUT2D eigenvalue weighted by Gasteiger charge is -2.22. The summed E-state index contributed by atoms with van der Waals surface area (Å²) in [5, 5.41) is 22.3. The third-order valence-electron chi connectivity index (χ3n) is 2.54. The summed E-state index contributed by atoms with van der Waals surface area (Å²) in [5.74, 6) is 0.588. The molecule has 0 aliphatic carbocycles. The van der Waals surface area contributed by atoms with Crippen LogP contribution in [0.25, 0.3) is 0 Å². The monoisotopic (exact) mass is 239 g/mol. The lowest BCUT2D eigenvalue weighted by Crippen LogP contribution is -2.36. The number of rotatable bonds is 5. The van der Waals surface area contributed by atoms with Gasteiger partial charge in [-0.15, -0.1) is 0 Å². The van der Waals surface area contributed by atoms with E-state index in [9.17, 15) is 10.2 Å². The molecule has 0 aliphatic rings. The molecule has 96 valence electrons. The number of ether oxygens (including phenoxy) is 1. The molecule has 0 fully saturated rings. The number of phenols is 1. The second-order valence-corrected chi connectivity index (χ2v) is 4.85. The number of nitrogens with one attached hydrogen (secondary N) is 1. The molecule has 4 nitrogen and oxygen atoms in total. The number of phenolic OH excluding ortho intramolecular Hbond substituents is 1. The minimum absolute atomic E-state index is 0.0796. The van der Waals surface area contributed by atoms with Crippen molar-refractivity contribution in [1.82, 2.24) is 5.32 Å². The zero-order valence-electron chi connectivity index (χ0n) is 10.8. The van der Waals surface area contributed by atoms with Crippen molar-refractivity contribution in [3.05, 3.63) is 23.8 Å². The van der Waals surface area contributed by atoms with Gasteiger partial charge < -0.3 is 20.3 Å². The van der Waals surface area contributed by atoms with E-state index >= 15 is 0 Å². The first kappa shape index (κ1) is 13.8. The highest BCUT2D eigenvalue weighted by atomic mass is 16.5. The maximum absolute atomic E-state index is 9.63. The van der Waals surface area contributed by atoms with Crippen LogP contribution in [0.5, 0.6) is 11.5 Å². The third-order valence-corrected chi connectivity index (χ3v) is 2.54. The summed E-state index contributed by atoms with van der Waals surface area (Å²) < 4.78 is 5.05. The number of hydrogen-bond acceptors (Lipinski definition) is 4. The van der Waals surface area contributed by atoms with E-state index in [1.54, 1.807) is 26.0 Å². The molecule has 0 aliphatic heterocycles. The summed E-state index contributed by atoms with van der Waals surface area (Å²) in [5.41, 5.74) is 0.263. The van der Waals surface area contributed by atoms with E-state index in [-0.39, 0.29) is 11.8 Å². The molecule has 17 heavy (non-hydrogen) atoms. The van der Waals surface area contributed by atoms with Gasteiger partial charge in [0.05, 0.1) is 12.7 Å². The second kappa shape index (κ2) is 5.38. The highest BCUT2D eigenvalue weighted by Crippen LogP contribution is 2.28. The predicted octanol–water partition coefficient (Wildman–Crippen LogP) is 1.82. The van der Waals surface area contributed by atoms with Gasteiger partial charge in [-0.25, -0.2) is 0 Å². The van der Waals surface area contributed by atoms with Crippen LogP contribution in [-0.4, -0.2) is 29.5 Å². The molecule has 0 bridgehead atoms. The lowest BCUT2D eigenvalue weighted by molar-refractivity contribution is 0.0770. The zero-order valence-corrected chi connectivity index (χ0v) is 10.8. The Hall–Kier alpha value is -1.26. The number of aliphatic hydroxyl groups is 1. The lowest BCUT2D eigenvalue weighted by atomic mass is 10.1. The summed E-state index contributed by atoms with van der Waals surface area (Å²) in [6.07, 6.45) is 0. The van der Waals surface area contributed by atoms with Crippen molar-refractivity contribution in [1.29, 1.82) is 0 Å². The molecule has 1 rings (SSSR count). The Kier molecular flexibility index (Phi) is 4.37. The zero-order chi connectivity index (χ0) is 13.1. The third kappa shape index (κ3) is 4.24. The summed E-state index contributed by atoms with van der Waals surface area (Å²) in [6.45, 7) is 6.00. The van der Waals surface area contributed by atoms with E-state index in [1.165, 1.54) is 7.11 Å². The molecule has 0 aromatic heterocycles. The van der Waals surface area contributed by atoms with Crippen LogP contribution in [0.1, 0.15) is 32.4 Å². The Bertz CT molecular complexity index is 371. The summed E-state index contributed by atoms with van der Waals surface area (Å²) in [4.78, 5) is 0. The largest absolute Gasteiger partial charge is 0.504 e. The van der Waals surface area contributed by atoms with Gasteiger partial charge in [-0.2, -0.15) is 0 Å². The quantitative estimate of drug-likeness (QED) is 0.733. The molecular formula is C13H21NO3. The van der Waals surface area contributed by atoms with Crippen molar-refractivity contribution in [2.75, 3.05) is 13.7 Å². The number of methoxy groups -OCH3 is 1. The van der Waals surface area contributed by atoms with Crippen LogP contribution < -0.4 is 10.1 Å². The summed E-state index contributed by atoms with van der Waals surface area (Å²) in [6, 6.07) is 5.31. The Morgan fingerprint density at radius 2 is 2.06 bits per heavy atom. The number of aromatic hydroxyl groups is 1. The van der Waals surface area contributed by atoms with Gasteiger partial charge in [0.2, 0.25) is 0 Å². The predicted molar refractivity (Wildman–Crippen MR) is 67.4 cm³/mol. The van der Waals surface area contributed by atoms with Gasteiger partial charge in [-0.05, 0) is 38.5 Å². The Labute approximate surface area is 102 Å². The molecule has 0 spiro atoms. The van der Waals surface area contributed by atoms with E-state index in [0.29, 0.717) is 12.3 Å². The molecule has 0 amide bonds. The van der Waals surface area contributed by atoms with Gasteiger partial charge in [0.25, 0.3) is 0 Å². The van der Waals surface area contributed by atoms with Gasteiger partial charge in [-0.1, -0.05) is 6.07 Å². The Morgan fingerprint density at radius 1 is 1.41 bits per heavy atom. The van der Waals surface area contributed by atoms with Crippen LogP contribution in [0.3, 0.4) is 0 Å². The van der Waals surface area contributed by atoms with E-state index < -0.39 is 5.60 Å². The second-order valence-electron chi connectivity index (χ2n) is 4.85. The average Bonchev–Trinajstić information content (AvgIpc) is 2.25. The number of hydrogen-bond donors (Lipinski definition) is 3. The minimum atomic E-state index is -0.741. The smallest absolute Gasteiger partial charge is 0.160 e. The Balaban J connectivity index is 2.72. The SMILES string of the molecule is COc1cc(C(C)NCC(C)(C)O)ccc1O. The molecule has 3 N–H and O–H groups in total. The van der Waals surface area contributed by atoms with Crippen LogP contribution in [0.15, 0.2) is 18.2 Å². The first-order chi connectivity index (χ1) is 7.83. The minimum Gasteiger partial charge on any atom is -0.504 e. The van der Waals surface area contributed by atoms with Crippen LogP contribution >= 0.6 is 0 Å². The molecule has 0 heterocycles. The van der Waals surface area contributed by atoms with Crippen molar-refractivity contribution < 1.29 is 14.9 Å². The van der Waals surface area contributed by atoms with Gasteiger partial charge in [0.1, 0.15) is 0 Å². The molecule has 0 saturated carbocycles. The van der Waals surface area contributed by atoms with E-state index in [1.807, 2.05) is 13.0 Å². The fraction of sp³-hybridized carbons (Fsp3) is 0.538. The maximum Gasteiger partial charge on any atom is 0.160 e. The average molecular weight is 239 g/mol. The van der Waals surface area contributed by atoms with Crippen LogP contribution in [-0.2, 0) is 0 Å². The Morgan fingerprint density at radius 3 is 2.59 bits per heavy atom. The van der Waals surface area contributed by atoms with Crippen molar-refractivity contribution in [3.63, 3.8) is 0 Å². The summed E-state index contributed by atoms with van der Waals surface area (Å²) >= 11 is 0. The normalized spacial score (nSPS) is 13.5. The fourth-order valence-electron chi connectivity index (χ4n) is 1.48. The van der Waals surface area contributed by atoms with Crippen molar-refractivity contribution in [2.45, 2.75) is 32.4 Å². The van der Waals surface area contributed by atoms with Crippen LogP contribution in [0.2, 0.25) is 0 Å². The van der Waals surface area contributed by atoms with Gasteiger partial charge in [0.15, 0.2) is 11.5 Å². The van der Waals surface area contributed by atoms with E-state index in [2.05, 4.69) is 5.32 Å². The molecule has 1 aromatic rings. The van der Waals surface area contributed by atoms with Crippen molar-refractivity contribution in [3.8, 4) is 11.5 Å². The summed E-state index contributed by atoms with van der Waals surface area (Å²) in [7, 11) is 1.52. The van der Waals surface area contributed by atoms with Gasteiger partial charge in [0, 0.05) is 12.6 Å². The van der Waals surface area contributed by atoms with Crippen LogP contribution in [0, 0.1) is 0 Å². The van der Waals surface area contributed by atoms with Crippen LogP contribution in [0.4, 0.5) is 0 Å². The highest BCUT2D eigenvalue weighted by molar-refractivity contribution is 5.42. The van der Waals surface area contributed by atoms with Gasteiger partial charge >= 0.3 is 0 Å².